The highest BCUT2D eigenvalue weighted by Gasteiger charge is 2.32. The van der Waals surface area contributed by atoms with Crippen molar-refractivity contribution in [2.24, 2.45) is 0 Å². The summed E-state index contributed by atoms with van der Waals surface area (Å²) in [6.07, 6.45) is 3.39. The molecule has 2 rings (SSSR count). The zero-order valence-corrected chi connectivity index (χ0v) is 14.0. The maximum absolute atomic E-state index is 14.5. The Labute approximate surface area is 128 Å². The van der Waals surface area contributed by atoms with E-state index in [0.717, 1.165) is 30.5 Å². The smallest absolute Gasteiger partial charge is 0.146 e. The molecule has 3 heteroatoms. The van der Waals surface area contributed by atoms with Crippen LogP contribution in [0.1, 0.15) is 59.4 Å². The number of anilines is 1. The largest absolute Gasteiger partial charge is 0.363 e. The summed E-state index contributed by atoms with van der Waals surface area (Å²) < 4.78 is 14.5. The lowest BCUT2D eigenvalue weighted by Crippen LogP contribution is -2.38. The van der Waals surface area contributed by atoms with Gasteiger partial charge in [-0.3, -0.25) is 0 Å². The van der Waals surface area contributed by atoms with Crippen molar-refractivity contribution in [3.63, 3.8) is 0 Å². The predicted octanol–water partition coefficient (Wildman–Crippen LogP) is 4.48. The van der Waals surface area contributed by atoms with E-state index in [-0.39, 0.29) is 11.4 Å². The molecule has 1 aliphatic rings. The van der Waals surface area contributed by atoms with E-state index in [1.54, 1.807) is 6.07 Å². The van der Waals surface area contributed by atoms with E-state index in [2.05, 4.69) is 50.9 Å². The molecular formula is C18H29FN2. The van der Waals surface area contributed by atoms with Crippen molar-refractivity contribution < 1.29 is 4.39 Å². The van der Waals surface area contributed by atoms with E-state index < -0.39 is 0 Å². The van der Waals surface area contributed by atoms with E-state index >= 15 is 0 Å². The Kier molecular flexibility index (Phi) is 4.92. The molecule has 0 aliphatic carbocycles. The highest BCUT2D eigenvalue weighted by molar-refractivity contribution is 5.57. The van der Waals surface area contributed by atoms with Crippen LogP contribution in [-0.4, -0.2) is 17.6 Å². The first-order valence-electron chi connectivity index (χ1n) is 8.14. The van der Waals surface area contributed by atoms with Gasteiger partial charge in [-0.1, -0.05) is 19.1 Å². The fourth-order valence-electron chi connectivity index (χ4n) is 3.23. The van der Waals surface area contributed by atoms with Gasteiger partial charge in [-0.15, -0.1) is 0 Å². The van der Waals surface area contributed by atoms with Gasteiger partial charge in [0.05, 0.1) is 5.69 Å². The number of benzene rings is 1. The Morgan fingerprint density at radius 1 is 1.29 bits per heavy atom. The summed E-state index contributed by atoms with van der Waals surface area (Å²) in [5.41, 5.74) is 1.91. The second kappa shape index (κ2) is 6.35. The summed E-state index contributed by atoms with van der Waals surface area (Å²) in [7, 11) is 0. The number of nitrogens with one attached hydrogen (secondary N) is 1. The monoisotopic (exact) mass is 292 g/mol. The van der Waals surface area contributed by atoms with Crippen LogP contribution < -0.4 is 10.2 Å². The van der Waals surface area contributed by atoms with Crippen LogP contribution in [0, 0.1) is 5.82 Å². The standard InChI is InChI=1S/C18H29FN2/c1-6-15-11-10-13(2)21(15)17-14(8-7-9-16(17)19)12-20-18(3,4)5/h7-9,13,15,20H,6,10-12H2,1-5H3. The van der Waals surface area contributed by atoms with Gasteiger partial charge in [0.15, 0.2) is 0 Å². The minimum atomic E-state index is -0.0876. The summed E-state index contributed by atoms with van der Waals surface area (Å²) in [5.74, 6) is -0.0876. The summed E-state index contributed by atoms with van der Waals surface area (Å²) in [4.78, 5) is 2.31. The highest BCUT2D eigenvalue weighted by Crippen LogP contribution is 2.36. The molecule has 0 amide bonds. The summed E-state index contributed by atoms with van der Waals surface area (Å²) >= 11 is 0. The summed E-state index contributed by atoms with van der Waals surface area (Å²) in [6.45, 7) is 11.5. The number of nitrogens with zero attached hydrogens (tertiary/aromatic N) is 1. The van der Waals surface area contributed by atoms with Crippen LogP contribution in [-0.2, 0) is 6.54 Å². The van der Waals surface area contributed by atoms with Gasteiger partial charge in [0.1, 0.15) is 5.82 Å². The number of hydrogen-bond donors (Lipinski definition) is 1. The van der Waals surface area contributed by atoms with Gasteiger partial charge >= 0.3 is 0 Å². The minimum absolute atomic E-state index is 0.0321. The lowest BCUT2D eigenvalue weighted by Gasteiger charge is -2.33. The van der Waals surface area contributed by atoms with E-state index in [1.165, 1.54) is 0 Å². The first-order valence-corrected chi connectivity index (χ1v) is 8.14. The fraction of sp³-hybridized carbons (Fsp3) is 0.667. The predicted molar refractivity (Wildman–Crippen MR) is 88.2 cm³/mol. The van der Waals surface area contributed by atoms with Crippen LogP contribution in [0.25, 0.3) is 0 Å². The molecule has 2 atom stereocenters. The van der Waals surface area contributed by atoms with E-state index in [4.69, 9.17) is 0 Å². The van der Waals surface area contributed by atoms with Gasteiger partial charge in [-0.05, 0) is 58.6 Å². The molecule has 2 nitrogen and oxygen atoms in total. The fourth-order valence-corrected chi connectivity index (χ4v) is 3.23. The third-order valence-electron chi connectivity index (χ3n) is 4.39. The van der Waals surface area contributed by atoms with Crippen molar-refractivity contribution >= 4 is 5.69 Å². The van der Waals surface area contributed by atoms with E-state index in [0.29, 0.717) is 18.6 Å². The number of halogens is 1. The molecule has 0 aromatic heterocycles. The lowest BCUT2D eigenvalue weighted by molar-refractivity contribution is 0.423. The Morgan fingerprint density at radius 2 is 2.00 bits per heavy atom. The first kappa shape index (κ1) is 16.3. The van der Waals surface area contributed by atoms with Crippen molar-refractivity contribution in [3.8, 4) is 0 Å². The van der Waals surface area contributed by atoms with Gasteiger partial charge < -0.3 is 10.2 Å². The average Bonchev–Trinajstić information content (AvgIpc) is 2.76. The molecule has 1 aliphatic heterocycles. The lowest BCUT2D eigenvalue weighted by atomic mass is 10.1. The van der Waals surface area contributed by atoms with Crippen LogP contribution in [0.2, 0.25) is 0 Å². The van der Waals surface area contributed by atoms with Crippen LogP contribution in [0.15, 0.2) is 18.2 Å². The average molecular weight is 292 g/mol. The van der Waals surface area contributed by atoms with Crippen LogP contribution >= 0.6 is 0 Å². The van der Waals surface area contributed by atoms with Crippen molar-refractivity contribution in [1.82, 2.24) is 5.32 Å². The molecule has 1 fully saturated rings. The minimum Gasteiger partial charge on any atom is -0.363 e. The Balaban J connectivity index is 2.33. The van der Waals surface area contributed by atoms with Crippen LogP contribution in [0.3, 0.4) is 0 Å². The second-order valence-electron chi connectivity index (χ2n) is 7.25. The molecule has 1 aromatic carbocycles. The van der Waals surface area contributed by atoms with Gasteiger partial charge in [0.2, 0.25) is 0 Å². The topological polar surface area (TPSA) is 15.3 Å². The maximum Gasteiger partial charge on any atom is 0.146 e. The Bertz CT molecular complexity index is 479. The van der Waals surface area contributed by atoms with Crippen LogP contribution in [0.4, 0.5) is 10.1 Å². The molecule has 118 valence electrons. The highest BCUT2D eigenvalue weighted by atomic mass is 19.1. The summed E-state index contributed by atoms with van der Waals surface area (Å²) in [5, 5.41) is 3.48. The Morgan fingerprint density at radius 3 is 2.62 bits per heavy atom. The third kappa shape index (κ3) is 3.76. The molecule has 0 saturated carbocycles. The van der Waals surface area contributed by atoms with E-state index in [9.17, 15) is 4.39 Å². The molecular weight excluding hydrogens is 263 g/mol. The first-order chi connectivity index (χ1) is 9.83. The van der Waals surface area contributed by atoms with Gasteiger partial charge in [0, 0.05) is 24.2 Å². The van der Waals surface area contributed by atoms with Crippen molar-refractivity contribution in [3.05, 3.63) is 29.6 Å². The normalized spacial score (nSPS) is 22.9. The van der Waals surface area contributed by atoms with Crippen molar-refractivity contribution in [2.45, 2.75) is 78.0 Å². The SMILES string of the molecule is CCC1CCC(C)N1c1c(F)cccc1CNC(C)(C)C. The molecule has 21 heavy (non-hydrogen) atoms. The molecule has 1 heterocycles. The second-order valence-corrected chi connectivity index (χ2v) is 7.25. The van der Waals surface area contributed by atoms with Crippen molar-refractivity contribution in [2.75, 3.05) is 4.90 Å². The number of para-hydroxylation sites is 1. The zero-order valence-electron chi connectivity index (χ0n) is 14.0. The van der Waals surface area contributed by atoms with Gasteiger partial charge in [-0.25, -0.2) is 4.39 Å². The van der Waals surface area contributed by atoms with Gasteiger partial charge in [0.25, 0.3) is 0 Å². The molecule has 1 aromatic rings. The summed E-state index contributed by atoms with van der Waals surface area (Å²) in [6, 6.07) is 6.34. The van der Waals surface area contributed by atoms with Gasteiger partial charge in [-0.2, -0.15) is 0 Å². The van der Waals surface area contributed by atoms with Crippen LogP contribution in [0.5, 0.6) is 0 Å². The molecule has 0 radical (unpaired) electrons. The third-order valence-corrected chi connectivity index (χ3v) is 4.39. The number of rotatable bonds is 4. The Hall–Kier alpha value is -1.09. The number of hydrogen-bond acceptors (Lipinski definition) is 2. The molecule has 1 N–H and O–H groups in total. The molecule has 2 unspecified atom stereocenters. The quantitative estimate of drug-likeness (QED) is 0.880. The maximum atomic E-state index is 14.5. The molecule has 1 saturated heterocycles. The van der Waals surface area contributed by atoms with Crippen molar-refractivity contribution in [1.29, 1.82) is 0 Å². The van der Waals surface area contributed by atoms with E-state index in [1.807, 2.05) is 6.07 Å². The molecule has 0 spiro atoms. The zero-order chi connectivity index (χ0) is 15.6. The molecule has 0 bridgehead atoms.